The zero-order valence-electron chi connectivity index (χ0n) is 19.4. The second-order valence-electron chi connectivity index (χ2n) is 11.6. The van der Waals surface area contributed by atoms with Crippen molar-refractivity contribution in [2.24, 2.45) is 45.8 Å². The molecule has 2 saturated carbocycles. The van der Waals surface area contributed by atoms with Gasteiger partial charge in [-0.2, -0.15) is 5.26 Å². The van der Waals surface area contributed by atoms with Gasteiger partial charge in [0.2, 0.25) is 0 Å². The van der Waals surface area contributed by atoms with Crippen LogP contribution in [0.5, 0.6) is 0 Å². The molecule has 1 nitrogen and oxygen atoms in total. The molecule has 0 aliphatic heterocycles. The summed E-state index contributed by atoms with van der Waals surface area (Å²) in [5.74, 6) is 2.91. The van der Waals surface area contributed by atoms with E-state index in [-0.39, 0.29) is 10.8 Å². The monoisotopic (exact) mass is 389 g/mol. The molecule has 156 valence electrons. The fourth-order valence-electron chi connectivity index (χ4n) is 8.33. The Morgan fingerprint density at radius 1 is 1.10 bits per heavy atom. The lowest BCUT2D eigenvalue weighted by molar-refractivity contribution is -0.0369. The summed E-state index contributed by atoms with van der Waals surface area (Å²) in [4.78, 5) is 0. The molecule has 1 heteroatoms. The standard InChI is InChI=1S/C28H39N/c1-9-21-25-17(2)14-24-27(7,23(25)10-12-26(21,5)6)13-11-22-19(4)18(3)20(16-29)15-28(22,24)8/h14-15,19,21-23,25H,2-3,9-13H2,1,4-8H3/t19?,21?,22-,23?,25?,27?,28?/m0/s1. The lowest BCUT2D eigenvalue weighted by atomic mass is 9.41. The van der Waals surface area contributed by atoms with E-state index in [0.29, 0.717) is 35.0 Å². The summed E-state index contributed by atoms with van der Waals surface area (Å²) in [5.41, 5.74) is 5.33. The molecule has 7 atom stereocenters. The van der Waals surface area contributed by atoms with Gasteiger partial charge < -0.3 is 0 Å². The first-order valence-corrected chi connectivity index (χ1v) is 11.7. The molecular formula is C28H39N. The maximum atomic E-state index is 9.79. The lowest BCUT2D eigenvalue weighted by Gasteiger charge is -2.63. The van der Waals surface area contributed by atoms with Crippen molar-refractivity contribution >= 4 is 0 Å². The number of nitriles is 1. The zero-order chi connectivity index (χ0) is 21.4. The highest BCUT2D eigenvalue weighted by Gasteiger charge is 2.60. The summed E-state index contributed by atoms with van der Waals surface area (Å²) in [6, 6.07) is 2.46. The predicted molar refractivity (Wildman–Crippen MR) is 122 cm³/mol. The summed E-state index contributed by atoms with van der Waals surface area (Å²) in [6.07, 6.45) is 11.1. The maximum absolute atomic E-state index is 9.79. The van der Waals surface area contributed by atoms with Gasteiger partial charge in [-0.3, -0.25) is 0 Å². The molecule has 0 bridgehead atoms. The van der Waals surface area contributed by atoms with E-state index in [4.69, 9.17) is 0 Å². The molecule has 2 fully saturated rings. The molecule has 4 rings (SSSR count). The van der Waals surface area contributed by atoms with Gasteiger partial charge in [0.1, 0.15) is 0 Å². The number of rotatable bonds is 1. The fraction of sp³-hybridized carbons (Fsp3) is 0.679. The van der Waals surface area contributed by atoms with Crippen LogP contribution in [0.25, 0.3) is 0 Å². The van der Waals surface area contributed by atoms with E-state index in [1.54, 1.807) is 5.57 Å². The number of fused-ring (bicyclic) bond motifs is 5. The van der Waals surface area contributed by atoms with E-state index in [1.807, 2.05) is 0 Å². The zero-order valence-corrected chi connectivity index (χ0v) is 19.4. The molecule has 0 saturated heterocycles. The van der Waals surface area contributed by atoms with Gasteiger partial charge >= 0.3 is 0 Å². The highest BCUT2D eigenvalue weighted by molar-refractivity contribution is 5.52. The van der Waals surface area contributed by atoms with Crippen LogP contribution in [0.3, 0.4) is 0 Å². The molecule has 0 heterocycles. The highest BCUT2D eigenvalue weighted by atomic mass is 14.6. The van der Waals surface area contributed by atoms with Crippen LogP contribution in [0.15, 0.2) is 47.6 Å². The Morgan fingerprint density at radius 2 is 1.76 bits per heavy atom. The van der Waals surface area contributed by atoms with Crippen molar-refractivity contribution in [1.29, 1.82) is 5.26 Å². The van der Waals surface area contributed by atoms with Gasteiger partial charge in [-0.05, 0) is 71.7 Å². The minimum Gasteiger partial charge on any atom is -0.192 e. The van der Waals surface area contributed by atoms with Crippen LogP contribution in [0.2, 0.25) is 0 Å². The Balaban J connectivity index is 1.88. The minimum atomic E-state index is -0.0543. The molecule has 0 aromatic carbocycles. The number of allylic oxidation sites excluding steroid dienone is 6. The third kappa shape index (κ3) is 2.64. The molecule has 6 unspecified atom stereocenters. The van der Waals surface area contributed by atoms with Crippen molar-refractivity contribution in [3.63, 3.8) is 0 Å². The predicted octanol–water partition coefficient (Wildman–Crippen LogP) is 7.64. The van der Waals surface area contributed by atoms with Crippen LogP contribution >= 0.6 is 0 Å². The van der Waals surface area contributed by atoms with Crippen LogP contribution in [-0.2, 0) is 0 Å². The lowest BCUT2D eigenvalue weighted by Crippen LogP contribution is -2.55. The second kappa shape index (κ2) is 6.47. The smallest absolute Gasteiger partial charge is 0.0991 e. The van der Waals surface area contributed by atoms with Gasteiger partial charge in [0.05, 0.1) is 11.6 Å². The Hall–Kier alpha value is -1.55. The minimum absolute atomic E-state index is 0.0543. The van der Waals surface area contributed by atoms with Gasteiger partial charge in [0.15, 0.2) is 0 Å². The third-order valence-corrected chi connectivity index (χ3v) is 9.99. The maximum Gasteiger partial charge on any atom is 0.0991 e. The quantitative estimate of drug-likeness (QED) is 0.452. The van der Waals surface area contributed by atoms with Gasteiger partial charge in [0, 0.05) is 5.41 Å². The van der Waals surface area contributed by atoms with Crippen molar-refractivity contribution in [3.8, 4) is 6.07 Å². The van der Waals surface area contributed by atoms with E-state index < -0.39 is 0 Å². The molecule has 0 spiro atoms. The molecule has 4 aliphatic carbocycles. The Morgan fingerprint density at radius 3 is 2.38 bits per heavy atom. The van der Waals surface area contributed by atoms with Crippen LogP contribution in [0.1, 0.15) is 73.6 Å². The van der Waals surface area contributed by atoms with Crippen molar-refractivity contribution in [3.05, 3.63) is 47.6 Å². The fourth-order valence-corrected chi connectivity index (χ4v) is 8.33. The average molecular weight is 390 g/mol. The Bertz CT molecular complexity index is 861. The van der Waals surface area contributed by atoms with Gasteiger partial charge in [-0.15, -0.1) is 0 Å². The molecule has 0 N–H and O–H groups in total. The van der Waals surface area contributed by atoms with Crippen LogP contribution in [-0.4, -0.2) is 0 Å². The summed E-state index contributed by atoms with van der Waals surface area (Å²) >= 11 is 0. The molecule has 0 aromatic rings. The van der Waals surface area contributed by atoms with E-state index in [0.717, 1.165) is 11.1 Å². The molecule has 4 aliphatic rings. The molecule has 0 amide bonds. The van der Waals surface area contributed by atoms with Crippen LogP contribution in [0, 0.1) is 57.2 Å². The van der Waals surface area contributed by atoms with Gasteiger partial charge in [0.25, 0.3) is 0 Å². The second-order valence-corrected chi connectivity index (χ2v) is 11.6. The Labute approximate surface area is 178 Å². The topological polar surface area (TPSA) is 23.8 Å². The van der Waals surface area contributed by atoms with E-state index in [9.17, 15) is 5.26 Å². The van der Waals surface area contributed by atoms with Crippen molar-refractivity contribution in [2.75, 3.05) is 0 Å². The van der Waals surface area contributed by atoms with Gasteiger partial charge in [-0.1, -0.05) is 84.4 Å². The first-order valence-electron chi connectivity index (χ1n) is 11.7. The first kappa shape index (κ1) is 20.7. The number of hydrogen-bond donors (Lipinski definition) is 0. The molecule has 0 radical (unpaired) electrons. The number of hydrogen-bond acceptors (Lipinski definition) is 1. The van der Waals surface area contributed by atoms with Gasteiger partial charge in [-0.25, -0.2) is 0 Å². The summed E-state index contributed by atoms with van der Waals surface area (Å²) in [5, 5.41) is 9.79. The van der Waals surface area contributed by atoms with Crippen molar-refractivity contribution in [2.45, 2.75) is 73.6 Å². The van der Waals surface area contributed by atoms with Crippen LogP contribution in [0.4, 0.5) is 0 Å². The van der Waals surface area contributed by atoms with E-state index in [2.05, 4.69) is 72.9 Å². The summed E-state index contributed by atoms with van der Waals surface area (Å²) in [7, 11) is 0. The largest absolute Gasteiger partial charge is 0.192 e. The normalized spacial score (nSPS) is 45.9. The average Bonchev–Trinajstić information content (AvgIpc) is 2.66. The molecule has 0 aromatic heterocycles. The Kier molecular flexibility index (Phi) is 4.62. The highest BCUT2D eigenvalue weighted by Crippen LogP contribution is 2.69. The first-order chi connectivity index (χ1) is 13.5. The summed E-state index contributed by atoms with van der Waals surface area (Å²) in [6.45, 7) is 23.5. The van der Waals surface area contributed by atoms with E-state index >= 15 is 0 Å². The van der Waals surface area contributed by atoms with E-state index in [1.165, 1.54) is 37.7 Å². The third-order valence-electron chi connectivity index (χ3n) is 9.99. The van der Waals surface area contributed by atoms with Crippen LogP contribution < -0.4 is 0 Å². The number of nitrogens with zero attached hydrogens (tertiary/aromatic N) is 1. The summed E-state index contributed by atoms with van der Waals surface area (Å²) < 4.78 is 0. The molecular weight excluding hydrogens is 350 g/mol. The molecule has 29 heavy (non-hydrogen) atoms. The van der Waals surface area contributed by atoms with Crippen molar-refractivity contribution in [1.82, 2.24) is 0 Å². The van der Waals surface area contributed by atoms with Crippen molar-refractivity contribution < 1.29 is 0 Å². The SMILES string of the molecule is C=C1C=C2C(C)(CC[C@H]3C(C)C(=C)C(C#N)=CC23C)C2CCC(C)(C)C(CC)C12.